The number of carbonyl (C=O) groups excluding carboxylic acids is 2. The van der Waals surface area contributed by atoms with E-state index in [1.165, 1.54) is 12.1 Å². The van der Waals surface area contributed by atoms with Crippen LogP contribution in [0.25, 0.3) is 0 Å². The van der Waals surface area contributed by atoms with E-state index in [9.17, 15) is 18.0 Å². The molecule has 4 aromatic rings. The van der Waals surface area contributed by atoms with Crippen LogP contribution in [0.5, 0.6) is 0 Å². The Morgan fingerprint density at radius 2 is 1.43 bits per heavy atom. The SMILES string of the molecule is Cc1ccc(S(=O)(=O)N(CC(=O)Nc2ccccc2C(=O)NCCc2ccccc2)c2cc(C)ccc2C)cc1. The number of carbonyl (C=O) groups is 2. The first kappa shape index (κ1) is 28.6. The molecule has 40 heavy (non-hydrogen) atoms. The Morgan fingerprint density at radius 3 is 2.15 bits per heavy atom. The van der Waals surface area contributed by atoms with E-state index in [0.29, 0.717) is 35.5 Å². The van der Waals surface area contributed by atoms with Crippen LogP contribution >= 0.6 is 0 Å². The van der Waals surface area contributed by atoms with Crippen molar-refractivity contribution in [2.75, 3.05) is 22.7 Å². The van der Waals surface area contributed by atoms with E-state index in [4.69, 9.17) is 0 Å². The molecule has 7 nitrogen and oxygen atoms in total. The first-order chi connectivity index (χ1) is 19.1. The van der Waals surface area contributed by atoms with Gasteiger partial charge in [0.2, 0.25) is 5.91 Å². The quantitative estimate of drug-likeness (QED) is 0.273. The van der Waals surface area contributed by atoms with Gasteiger partial charge in [0.15, 0.2) is 0 Å². The van der Waals surface area contributed by atoms with Crippen molar-refractivity contribution in [1.29, 1.82) is 0 Å². The first-order valence-electron chi connectivity index (χ1n) is 13.0. The standard InChI is InChI=1S/C32H33N3O4S/c1-23-14-17-27(18-15-23)40(38,39)35(30-21-24(2)13-16-25(30)3)22-31(36)34-29-12-8-7-11-28(29)32(37)33-20-19-26-9-5-4-6-10-26/h4-18,21H,19-20,22H2,1-3H3,(H,33,37)(H,34,36). The molecular weight excluding hydrogens is 522 g/mol. The van der Waals surface area contributed by atoms with Gasteiger partial charge in [-0.2, -0.15) is 0 Å². The van der Waals surface area contributed by atoms with Crippen LogP contribution < -0.4 is 14.9 Å². The number of hydrogen-bond acceptors (Lipinski definition) is 4. The van der Waals surface area contributed by atoms with Crippen molar-refractivity contribution in [3.05, 3.63) is 125 Å². The molecule has 0 saturated carbocycles. The van der Waals surface area contributed by atoms with Crippen LogP contribution in [-0.2, 0) is 21.2 Å². The molecule has 2 N–H and O–H groups in total. The van der Waals surface area contributed by atoms with Crippen molar-refractivity contribution in [2.45, 2.75) is 32.1 Å². The monoisotopic (exact) mass is 555 g/mol. The Labute approximate surface area is 235 Å². The number of benzene rings is 4. The number of amides is 2. The highest BCUT2D eigenvalue weighted by atomic mass is 32.2. The summed E-state index contributed by atoms with van der Waals surface area (Å²) < 4.78 is 28.7. The highest BCUT2D eigenvalue weighted by Crippen LogP contribution is 2.28. The summed E-state index contributed by atoms with van der Waals surface area (Å²) in [5, 5.41) is 5.66. The van der Waals surface area contributed by atoms with Crippen LogP contribution in [0, 0.1) is 20.8 Å². The molecule has 0 aliphatic carbocycles. The van der Waals surface area contributed by atoms with E-state index in [-0.39, 0.29) is 10.8 Å². The molecule has 0 atom stereocenters. The van der Waals surface area contributed by atoms with Gasteiger partial charge < -0.3 is 10.6 Å². The van der Waals surface area contributed by atoms with Crippen LogP contribution in [0.15, 0.2) is 102 Å². The van der Waals surface area contributed by atoms with Gasteiger partial charge in [0.1, 0.15) is 6.54 Å². The molecule has 0 aliphatic heterocycles. The summed E-state index contributed by atoms with van der Waals surface area (Å²) in [5.74, 6) is -0.897. The van der Waals surface area contributed by atoms with Crippen LogP contribution in [0.4, 0.5) is 11.4 Å². The Hall–Kier alpha value is -4.43. The van der Waals surface area contributed by atoms with Gasteiger partial charge in [0.25, 0.3) is 15.9 Å². The summed E-state index contributed by atoms with van der Waals surface area (Å²) in [7, 11) is -4.07. The van der Waals surface area contributed by atoms with Gasteiger partial charge in [0, 0.05) is 6.54 Å². The number of nitrogens with one attached hydrogen (secondary N) is 2. The molecule has 4 rings (SSSR count). The molecular formula is C32H33N3O4S. The largest absolute Gasteiger partial charge is 0.352 e. The minimum absolute atomic E-state index is 0.0880. The second-order valence-corrected chi connectivity index (χ2v) is 11.6. The normalized spacial score (nSPS) is 11.1. The number of para-hydroxylation sites is 1. The Bertz CT molecular complexity index is 1600. The highest BCUT2D eigenvalue weighted by Gasteiger charge is 2.29. The number of nitrogens with zero attached hydrogens (tertiary/aromatic N) is 1. The molecule has 0 bridgehead atoms. The van der Waals surface area contributed by atoms with Crippen molar-refractivity contribution in [3.8, 4) is 0 Å². The second-order valence-electron chi connectivity index (χ2n) is 9.70. The van der Waals surface area contributed by atoms with Gasteiger partial charge in [-0.05, 0) is 74.2 Å². The van der Waals surface area contributed by atoms with Gasteiger partial charge in [-0.25, -0.2) is 8.42 Å². The van der Waals surface area contributed by atoms with Crippen molar-refractivity contribution < 1.29 is 18.0 Å². The summed E-state index contributed by atoms with van der Waals surface area (Å²) in [4.78, 5) is 26.4. The predicted octanol–water partition coefficient (Wildman–Crippen LogP) is 5.42. The topological polar surface area (TPSA) is 95.6 Å². The molecule has 0 unspecified atom stereocenters. The summed E-state index contributed by atoms with van der Waals surface area (Å²) in [6, 6.07) is 28.5. The lowest BCUT2D eigenvalue weighted by Gasteiger charge is -2.26. The van der Waals surface area contributed by atoms with Crippen molar-refractivity contribution in [3.63, 3.8) is 0 Å². The van der Waals surface area contributed by atoms with E-state index in [0.717, 1.165) is 21.0 Å². The average Bonchev–Trinajstić information content (AvgIpc) is 2.94. The number of aryl methyl sites for hydroxylation is 3. The zero-order valence-corrected chi connectivity index (χ0v) is 23.7. The fourth-order valence-electron chi connectivity index (χ4n) is 4.30. The third-order valence-corrected chi connectivity index (χ3v) is 8.29. The third-order valence-electron chi connectivity index (χ3n) is 6.52. The molecule has 0 aliphatic rings. The van der Waals surface area contributed by atoms with E-state index in [1.807, 2.05) is 56.3 Å². The molecule has 8 heteroatoms. The number of anilines is 2. The summed E-state index contributed by atoms with van der Waals surface area (Å²) in [5.41, 5.74) is 4.62. The smallest absolute Gasteiger partial charge is 0.264 e. The Morgan fingerprint density at radius 1 is 0.775 bits per heavy atom. The minimum Gasteiger partial charge on any atom is -0.352 e. The molecule has 4 aromatic carbocycles. The lowest BCUT2D eigenvalue weighted by atomic mass is 10.1. The maximum atomic E-state index is 13.8. The maximum absolute atomic E-state index is 13.8. The molecule has 2 amide bonds. The van der Waals surface area contributed by atoms with Crippen molar-refractivity contribution in [2.24, 2.45) is 0 Å². The summed E-state index contributed by atoms with van der Waals surface area (Å²) >= 11 is 0. The Kier molecular flexibility index (Phi) is 9.01. The maximum Gasteiger partial charge on any atom is 0.264 e. The zero-order chi connectivity index (χ0) is 28.7. The molecule has 0 spiro atoms. The molecule has 0 fully saturated rings. The molecule has 0 saturated heterocycles. The summed E-state index contributed by atoms with van der Waals surface area (Å²) in [6.45, 7) is 5.51. The lowest BCUT2D eigenvalue weighted by molar-refractivity contribution is -0.114. The average molecular weight is 556 g/mol. The van der Waals surface area contributed by atoms with Crippen LogP contribution in [0.2, 0.25) is 0 Å². The molecule has 206 valence electrons. The fraction of sp³-hybridized carbons (Fsp3) is 0.188. The number of sulfonamides is 1. The second kappa shape index (κ2) is 12.6. The van der Waals surface area contributed by atoms with Crippen molar-refractivity contribution in [1.82, 2.24) is 5.32 Å². The molecule has 0 aromatic heterocycles. The predicted molar refractivity (Wildman–Crippen MR) is 159 cm³/mol. The third kappa shape index (κ3) is 6.95. The van der Waals surface area contributed by atoms with Crippen LogP contribution in [0.1, 0.15) is 32.6 Å². The molecule has 0 heterocycles. The first-order valence-corrected chi connectivity index (χ1v) is 14.5. The van der Waals surface area contributed by atoms with Crippen molar-refractivity contribution >= 4 is 33.2 Å². The van der Waals surface area contributed by atoms with Gasteiger partial charge >= 0.3 is 0 Å². The van der Waals surface area contributed by atoms with E-state index in [1.54, 1.807) is 49.4 Å². The van der Waals surface area contributed by atoms with E-state index < -0.39 is 22.5 Å². The van der Waals surface area contributed by atoms with E-state index in [2.05, 4.69) is 10.6 Å². The highest BCUT2D eigenvalue weighted by molar-refractivity contribution is 7.92. The van der Waals surface area contributed by atoms with Gasteiger partial charge in [-0.15, -0.1) is 0 Å². The van der Waals surface area contributed by atoms with Gasteiger partial charge in [0.05, 0.1) is 21.8 Å². The Balaban J connectivity index is 1.55. The number of hydrogen-bond donors (Lipinski definition) is 2. The number of rotatable bonds is 10. The van der Waals surface area contributed by atoms with Gasteiger partial charge in [-0.1, -0.05) is 72.3 Å². The van der Waals surface area contributed by atoms with Gasteiger partial charge in [-0.3, -0.25) is 13.9 Å². The summed E-state index contributed by atoms with van der Waals surface area (Å²) in [6.07, 6.45) is 0.669. The fourth-order valence-corrected chi connectivity index (χ4v) is 5.77. The minimum atomic E-state index is -4.07. The molecule has 0 radical (unpaired) electrons. The van der Waals surface area contributed by atoms with Crippen LogP contribution in [-0.4, -0.2) is 33.3 Å². The zero-order valence-electron chi connectivity index (χ0n) is 22.8. The lowest BCUT2D eigenvalue weighted by Crippen LogP contribution is -2.39. The van der Waals surface area contributed by atoms with Crippen LogP contribution in [0.3, 0.4) is 0 Å². The van der Waals surface area contributed by atoms with E-state index >= 15 is 0 Å².